The van der Waals surface area contributed by atoms with Crippen LogP contribution in [0.2, 0.25) is 0 Å². The lowest BCUT2D eigenvalue weighted by Crippen LogP contribution is -2.50. The number of aromatic nitrogens is 1. The molecule has 3 aliphatic rings. The highest BCUT2D eigenvalue weighted by atomic mass is 16.5. The van der Waals surface area contributed by atoms with Gasteiger partial charge in [0.1, 0.15) is 11.4 Å². The molecule has 2 aliphatic carbocycles. The predicted octanol–water partition coefficient (Wildman–Crippen LogP) is 5.14. The highest BCUT2D eigenvalue weighted by molar-refractivity contribution is 5.36. The van der Waals surface area contributed by atoms with Crippen LogP contribution >= 0.6 is 0 Å². The number of hydrogen-bond acceptors (Lipinski definition) is 2. The summed E-state index contributed by atoms with van der Waals surface area (Å²) in [7, 11) is 0. The zero-order chi connectivity index (χ0) is 16.2. The van der Waals surface area contributed by atoms with Gasteiger partial charge in [0.05, 0.1) is 5.69 Å². The van der Waals surface area contributed by atoms with Crippen molar-refractivity contribution in [1.82, 2.24) is 4.98 Å². The van der Waals surface area contributed by atoms with E-state index in [2.05, 4.69) is 48.3 Å². The Morgan fingerprint density at radius 2 is 1.92 bits per heavy atom. The monoisotopic (exact) mass is 319 g/mol. The van der Waals surface area contributed by atoms with Gasteiger partial charge in [-0.1, -0.05) is 37.3 Å². The van der Waals surface area contributed by atoms with Gasteiger partial charge in [-0.15, -0.1) is 0 Å². The predicted molar refractivity (Wildman–Crippen MR) is 95.2 cm³/mol. The third-order valence-corrected chi connectivity index (χ3v) is 7.30. The van der Waals surface area contributed by atoms with Crippen molar-refractivity contribution in [1.29, 1.82) is 0 Å². The second-order valence-corrected chi connectivity index (χ2v) is 8.26. The van der Waals surface area contributed by atoms with Crippen LogP contribution in [0.4, 0.5) is 0 Å². The van der Waals surface area contributed by atoms with Crippen molar-refractivity contribution in [2.45, 2.75) is 57.0 Å². The molecule has 1 aromatic carbocycles. The summed E-state index contributed by atoms with van der Waals surface area (Å²) >= 11 is 0. The van der Waals surface area contributed by atoms with E-state index in [-0.39, 0.29) is 5.60 Å². The number of rotatable bonds is 1. The van der Waals surface area contributed by atoms with Crippen molar-refractivity contribution in [3.8, 4) is 5.75 Å². The maximum absolute atomic E-state index is 6.61. The standard InChI is InChI=1S/C22H25NO/c1-21-11-9-17(16-6-3-2-4-7-16)14-18(21)10-12-22(21)15-19-20(24-22)8-5-13-23-19/h2-8,13,17-18H,9-12,14-15H2,1H3. The number of fused-ring (bicyclic) bond motifs is 3. The van der Waals surface area contributed by atoms with Crippen molar-refractivity contribution >= 4 is 0 Å². The van der Waals surface area contributed by atoms with Gasteiger partial charge in [0, 0.05) is 18.0 Å². The Bertz CT molecular complexity index is 731. The average Bonchev–Trinajstić information content (AvgIpc) is 3.14. The molecule has 0 saturated heterocycles. The third kappa shape index (κ3) is 1.92. The van der Waals surface area contributed by atoms with Crippen molar-refractivity contribution in [3.63, 3.8) is 0 Å². The molecule has 24 heavy (non-hydrogen) atoms. The summed E-state index contributed by atoms with van der Waals surface area (Å²) in [6.45, 7) is 2.50. The fourth-order valence-electron chi connectivity index (χ4n) is 5.78. The molecule has 1 spiro atoms. The lowest BCUT2D eigenvalue weighted by molar-refractivity contribution is -0.0518. The summed E-state index contributed by atoms with van der Waals surface area (Å²) in [6.07, 6.45) is 9.26. The van der Waals surface area contributed by atoms with Gasteiger partial charge < -0.3 is 4.74 Å². The van der Waals surface area contributed by atoms with E-state index in [9.17, 15) is 0 Å². The fourth-order valence-corrected chi connectivity index (χ4v) is 5.78. The number of nitrogens with zero attached hydrogens (tertiary/aromatic N) is 1. The molecule has 4 unspecified atom stereocenters. The van der Waals surface area contributed by atoms with Crippen LogP contribution in [0.25, 0.3) is 0 Å². The van der Waals surface area contributed by atoms with Gasteiger partial charge in [0.15, 0.2) is 0 Å². The van der Waals surface area contributed by atoms with Gasteiger partial charge in [-0.3, -0.25) is 4.98 Å². The number of pyridine rings is 1. The van der Waals surface area contributed by atoms with Gasteiger partial charge in [0.25, 0.3) is 0 Å². The quantitative estimate of drug-likeness (QED) is 0.726. The Balaban J connectivity index is 1.43. The van der Waals surface area contributed by atoms with Crippen LogP contribution in [0.1, 0.15) is 56.2 Å². The van der Waals surface area contributed by atoms with E-state index >= 15 is 0 Å². The molecule has 1 aromatic heterocycles. The first-order valence-corrected chi connectivity index (χ1v) is 9.38. The molecule has 124 valence electrons. The van der Waals surface area contributed by atoms with Crippen LogP contribution < -0.4 is 4.74 Å². The third-order valence-electron chi connectivity index (χ3n) is 7.30. The zero-order valence-electron chi connectivity index (χ0n) is 14.4. The van der Waals surface area contributed by atoms with Gasteiger partial charge in [-0.25, -0.2) is 0 Å². The molecule has 0 N–H and O–H groups in total. The van der Waals surface area contributed by atoms with Crippen molar-refractivity contribution < 1.29 is 4.74 Å². The Hall–Kier alpha value is -1.83. The topological polar surface area (TPSA) is 22.1 Å². The zero-order valence-corrected chi connectivity index (χ0v) is 14.4. The molecule has 0 radical (unpaired) electrons. The fraction of sp³-hybridized carbons (Fsp3) is 0.500. The Morgan fingerprint density at radius 1 is 1.04 bits per heavy atom. The van der Waals surface area contributed by atoms with Crippen molar-refractivity contribution in [3.05, 3.63) is 59.9 Å². The van der Waals surface area contributed by atoms with E-state index in [4.69, 9.17) is 4.74 Å². The summed E-state index contributed by atoms with van der Waals surface area (Å²) in [5, 5.41) is 0. The maximum Gasteiger partial charge on any atom is 0.141 e. The van der Waals surface area contributed by atoms with Crippen LogP contribution in [-0.4, -0.2) is 10.6 Å². The molecule has 5 rings (SSSR count). The molecule has 2 heterocycles. The van der Waals surface area contributed by atoms with E-state index in [1.807, 2.05) is 12.3 Å². The molecule has 2 saturated carbocycles. The molecule has 2 aromatic rings. The first-order chi connectivity index (χ1) is 11.7. The highest BCUT2D eigenvalue weighted by Gasteiger charge is 2.62. The average molecular weight is 319 g/mol. The van der Waals surface area contributed by atoms with E-state index in [1.165, 1.54) is 43.4 Å². The summed E-state index contributed by atoms with van der Waals surface area (Å²) < 4.78 is 6.61. The van der Waals surface area contributed by atoms with Crippen molar-refractivity contribution in [2.75, 3.05) is 0 Å². The summed E-state index contributed by atoms with van der Waals surface area (Å²) in [5.74, 6) is 2.52. The number of hydrogen-bond donors (Lipinski definition) is 0. The largest absolute Gasteiger partial charge is 0.484 e. The molecule has 2 fully saturated rings. The van der Waals surface area contributed by atoms with Crippen LogP contribution in [0.15, 0.2) is 48.7 Å². The molecular weight excluding hydrogens is 294 g/mol. The first kappa shape index (κ1) is 14.5. The second-order valence-electron chi connectivity index (χ2n) is 8.26. The molecule has 4 atom stereocenters. The van der Waals surface area contributed by atoms with E-state index < -0.39 is 0 Å². The normalized spacial score (nSPS) is 37.0. The Kier molecular flexibility index (Phi) is 3.07. The van der Waals surface area contributed by atoms with Gasteiger partial charge in [-0.05, 0) is 61.6 Å². The summed E-state index contributed by atoms with van der Waals surface area (Å²) in [6, 6.07) is 15.2. The molecular formula is C22H25NO. The summed E-state index contributed by atoms with van der Waals surface area (Å²) in [5.41, 5.74) is 2.98. The SMILES string of the molecule is CC12CCC(c3ccccc3)CC1CCC21Cc2ncccc2O1. The Morgan fingerprint density at radius 3 is 2.75 bits per heavy atom. The lowest BCUT2D eigenvalue weighted by atomic mass is 9.59. The minimum absolute atomic E-state index is 0.00396. The molecule has 2 nitrogen and oxygen atoms in total. The van der Waals surface area contributed by atoms with Crippen LogP contribution in [0.3, 0.4) is 0 Å². The van der Waals surface area contributed by atoms with E-state index in [0.717, 1.165) is 24.0 Å². The molecule has 2 heteroatoms. The highest BCUT2D eigenvalue weighted by Crippen LogP contribution is 2.63. The van der Waals surface area contributed by atoms with Gasteiger partial charge >= 0.3 is 0 Å². The summed E-state index contributed by atoms with van der Waals surface area (Å²) in [4.78, 5) is 4.58. The smallest absolute Gasteiger partial charge is 0.141 e. The number of benzene rings is 1. The first-order valence-electron chi connectivity index (χ1n) is 9.38. The minimum atomic E-state index is -0.00396. The lowest BCUT2D eigenvalue weighted by Gasteiger charge is -2.48. The van der Waals surface area contributed by atoms with Gasteiger partial charge in [0.2, 0.25) is 0 Å². The van der Waals surface area contributed by atoms with Gasteiger partial charge in [-0.2, -0.15) is 0 Å². The minimum Gasteiger partial charge on any atom is -0.484 e. The Labute approximate surface area is 144 Å². The van der Waals surface area contributed by atoms with Crippen LogP contribution in [0, 0.1) is 11.3 Å². The molecule has 0 bridgehead atoms. The van der Waals surface area contributed by atoms with Crippen molar-refractivity contribution in [2.24, 2.45) is 11.3 Å². The second kappa shape index (κ2) is 5.08. The molecule has 0 amide bonds. The molecule has 1 aliphatic heterocycles. The van der Waals surface area contributed by atoms with Crippen LogP contribution in [-0.2, 0) is 6.42 Å². The van der Waals surface area contributed by atoms with E-state index in [1.54, 1.807) is 0 Å². The van der Waals surface area contributed by atoms with Crippen LogP contribution in [0.5, 0.6) is 5.75 Å². The maximum atomic E-state index is 6.61. The van der Waals surface area contributed by atoms with E-state index in [0.29, 0.717) is 5.41 Å². The number of ether oxygens (including phenoxy) is 1.